The van der Waals surface area contributed by atoms with Crippen molar-refractivity contribution in [1.29, 1.82) is 0 Å². The van der Waals surface area contributed by atoms with Crippen LogP contribution in [-0.2, 0) is 22.4 Å². The third-order valence-corrected chi connectivity index (χ3v) is 3.57. The molecule has 0 fully saturated rings. The van der Waals surface area contributed by atoms with E-state index in [2.05, 4.69) is 10.3 Å². The smallest absolute Gasteiger partial charge is 0.326 e. The van der Waals surface area contributed by atoms with Crippen LogP contribution in [0, 0.1) is 10.1 Å². The Hall–Kier alpha value is -3.00. The summed E-state index contributed by atoms with van der Waals surface area (Å²) in [6, 6.07) is 7.63. The molecule has 0 aliphatic carbocycles. The Morgan fingerprint density at radius 2 is 2.04 bits per heavy atom. The Morgan fingerprint density at radius 1 is 1.28 bits per heavy atom. The molecular weight excluding hydrogens is 350 g/mol. The van der Waals surface area contributed by atoms with E-state index in [1.807, 2.05) is 0 Å². The fourth-order valence-electron chi connectivity index (χ4n) is 2.17. The van der Waals surface area contributed by atoms with Gasteiger partial charge in [-0.25, -0.2) is 9.78 Å². The number of halogens is 1. The molecule has 1 atom stereocenters. The first-order valence-electron chi connectivity index (χ1n) is 7.21. The number of hydrogen-bond donors (Lipinski definition) is 2. The van der Waals surface area contributed by atoms with E-state index in [1.54, 1.807) is 12.1 Å². The lowest BCUT2D eigenvalue weighted by Crippen LogP contribution is -2.43. The molecule has 2 rings (SSSR count). The third kappa shape index (κ3) is 5.54. The molecule has 0 saturated heterocycles. The highest BCUT2D eigenvalue weighted by Crippen LogP contribution is 2.14. The van der Waals surface area contributed by atoms with Crippen LogP contribution in [0.1, 0.15) is 11.1 Å². The number of pyridine rings is 1. The summed E-state index contributed by atoms with van der Waals surface area (Å²) in [5, 5.41) is 22.7. The Balaban J connectivity index is 2.02. The number of non-ortho nitro benzene ring substituents is 1. The van der Waals surface area contributed by atoms with Gasteiger partial charge in [-0.15, -0.1) is 0 Å². The molecule has 130 valence electrons. The van der Waals surface area contributed by atoms with Gasteiger partial charge < -0.3 is 10.4 Å². The Morgan fingerprint density at radius 3 is 2.64 bits per heavy atom. The maximum atomic E-state index is 12.1. The lowest BCUT2D eigenvalue weighted by Gasteiger charge is -2.14. The summed E-state index contributed by atoms with van der Waals surface area (Å²) in [4.78, 5) is 37.5. The number of hydrogen-bond acceptors (Lipinski definition) is 5. The largest absolute Gasteiger partial charge is 0.480 e. The number of carboxylic acid groups (broad SMARTS) is 1. The molecule has 0 aliphatic rings. The average Bonchev–Trinajstić information content (AvgIpc) is 2.56. The maximum absolute atomic E-state index is 12.1. The quantitative estimate of drug-likeness (QED) is 0.440. The molecule has 9 heteroatoms. The topological polar surface area (TPSA) is 122 Å². The number of nitro benzene ring substituents is 1. The predicted molar refractivity (Wildman–Crippen MR) is 89.3 cm³/mol. The Kier molecular flexibility index (Phi) is 6.02. The number of nitrogens with one attached hydrogen (secondary N) is 1. The van der Waals surface area contributed by atoms with Crippen molar-refractivity contribution in [1.82, 2.24) is 10.3 Å². The molecule has 1 aromatic heterocycles. The van der Waals surface area contributed by atoms with Crippen molar-refractivity contribution >= 4 is 29.2 Å². The van der Waals surface area contributed by atoms with Crippen molar-refractivity contribution in [2.75, 3.05) is 0 Å². The van der Waals surface area contributed by atoms with Crippen LogP contribution < -0.4 is 5.32 Å². The lowest BCUT2D eigenvalue weighted by atomic mass is 10.1. The number of amides is 1. The molecule has 1 heterocycles. The van der Waals surface area contributed by atoms with Crippen LogP contribution in [0.5, 0.6) is 0 Å². The Labute approximate surface area is 147 Å². The standard InChI is InChI=1S/C16H14ClN3O5/c17-14-5-4-11(9-18-14)7-13(16(22)23)19-15(21)8-10-2-1-3-12(6-10)20(24)25/h1-6,9,13H,7-8H2,(H,19,21)(H,22,23)/t13-/m0/s1. The van der Waals surface area contributed by atoms with Gasteiger partial charge >= 0.3 is 5.97 Å². The number of aliphatic carboxylic acids is 1. The second-order valence-electron chi connectivity index (χ2n) is 5.26. The van der Waals surface area contributed by atoms with E-state index in [-0.39, 0.29) is 23.7 Å². The van der Waals surface area contributed by atoms with Crippen molar-refractivity contribution in [2.24, 2.45) is 0 Å². The maximum Gasteiger partial charge on any atom is 0.326 e. The van der Waals surface area contributed by atoms with E-state index in [1.165, 1.54) is 30.5 Å². The van der Waals surface area contributed by atoms with Crippen molar-refractivity contribution in [3.05, 3.63) is 69.0 Å². The predicted octanol–water partition coefficient (Wildman–Crippen LogP) is 2.00. The highest BCUT2D eigenvalue weighted by Gasteiger charge is 2.21. The summed E-state index contributed by atoms with van der Waals surface area (Å²) in [6.07, 6.45) is 1.31. The SMILES string of the molecule is O=C(Cc1cccc([N+](=O)[O-])c1)N[C@@H](Cc1ccc(Cl)nc1)C(=O)O. The molecule has 0 saturated carbocycles. The van der Waals surface area contributed by atoms with Gasteiger partial charge in [0.05, 0.1) is 11.3 Å². The van der Waals surface area contributed by atoms with Gasteiger partial charge in [0.1, 0.15) is 11.2 Å². The minimum absolute atomic E-state index is 0.0418. The molecule has 2 N–H and O–H groups in total. The van der Waals surface area contributed by atoms with Crippen molar-refractivity contribution in [2.45, 2.75) is 18.9 Å². The molecule has 1 amide bonds. The molecule has 0 bridgehead atoms. The van der Waals surface area contributed by atoms with Crippen LogP contribution in [0.4, 0.5) is 5.69 Å². The zero-order valence-corrected chi connectivity index (χ0v) is 13.6. The first-order valence-corrected chi connectivity index (χ1v) is 7.59. The summed E-state index contributed by atoms with van der Waals surface area (Å²) in [7, 11) is 0. The minimum atomic E-state index is -1.19. The Bertz CT molecular complexity index is 795. The number of nitro groups is 1. The second kappa shape index (κ2) is 8.20. The average molecular weight is 364 g/mol. The molecule has 0 unspecified atom stereocenters. The number of aromatic nitrogens is 1. The van der Waals surface area contributed by atoms with Crippen LogP contribution in [0.3, 0.4) is 0 Å². The first-order chi connectivity index (χ1) is 11.8. The van der Waals surface area contributed by atoms with E-state index in [0.29, 0.717) is 11.1 Å². The molecule has 8 nitrogen and oxygen atoms in total. The summed E-state index contributed by atoms with van der Waals surface area (Å²) in [5.74, 6) is -1.74. The minimum Gasteiger partial charge on any atom is -0.480 e. The van der Waals surface area contributed by atoms with E-state index in [9.17, 15) is 24.8 Å². The van der Waals surface area contributed by atoms with Gasteiger partial charge in [-0.05, 0) is 17.2 Å². The molecule has 25 heavy (non-hydrogen) atoms. The number of carboxylic acids is 1. The third-order valence-electron chi connectivity index (χ3n) is 3.35. The van der Waals surface area contributed by atoms with Gasteiger partial charge in [0.15, 0.2) is 0 Å². The van der Waals surface area contributed by atoms with E-state index < -0.39 is 22.8 Å². The number of carbonyl (C=O) groups is 2. The van der Waals surface area contributed by atoms with Crippen LogP contribution >= 0.6 is 11.6 Å². The van der Waals surface area contributed by atoms with Crippen LogP contribution in [0.15, 0.2) is 42.6 Å². The lowest BCUT2D eigenvalue weighted by molar-refractivity contribution is -0.384. The molecule has 0 aliphatic heterocycles. The van der Waals surface area contributed by atoms with E-state index >= 15 is 0 Å². The molecule has 2 aromatic rings. The zero-order chi connectivity index (χ0) is 18.4. The first kappa shape index (κ1) is 18.3. The second-order valence-corrected chi connectivity index (χ2v) is 5.64. The summed E-state index contributed by atoms with van der Waals surface area (Å²) >= 11 is 5.68. The van der Waals surface area contributed by atoms with Crippen molar-refractivity contribution in [3.63, 3.8) is 0 Å². The van der Waals surface area contributed by atoms with Gasteiger partial charge in [-0.2, -0.15) is 0 Å². The zero-order valence-electron chi connectivity index (χ0n) is 12.9. The number of rotatable bonds is 7. The van der Waals surface area contributed by atoms with Gasteiger partial charge in [-0.1, -0.05) is 29.8 Å². The van der Waals surface area contributed by atoms with Crippen LogP contribution in [0.2, 0.25) is 5.15 Å². The van der Waals surface area contributed by atoms with E-state index in [0.717, 1.165) is 0 Å². The normalized spacial score (nSPS) is 11.6. The highest BCUT2D eigenvalue weighted by atomic mass is 35.5. The summed E-state index contributed by atoms with van der Waals surface area (Å²) in [5.41, 5.74) is 0.892. The summed E-state index contributed by atoms with van der Waals surface area (Å²) < 4.78 is 0. The number of carbonyl (C=O) groups excluding carboxylic acids is 1. The monoisotopic (exact) mass is 363 g/mol. The highest BCUT2D eigenvalue weighted by molar-refractivity contribution is 6.29. The summed E-state index contributed by atoms with van der Waals surface area (Å²) in [6.45, 7) is 0. The molecule has 1 aromatic carbocycles. The fraction of sp³-hybridized carbons (Fsp3) is 0.188. The van der Waals surface area contributed by atoms with Gasteiger partial charge in [-0.3, -0.25) is 14.9 Å². The number of benzene rings is 1. The molecular formula is C16H14ClN3O5. The van der Waals surface area contributed by atoms with Gasteiger partial charge in [0.25, 0.3) is 5.69 Å². The van der Waals surface area contributed by atoms with Gasteiger partial charge in [0, 0.05) is 24.8 Å². The van der Waals surface area contributed by atoms with Crippen LogP contribution in [-0.4, -0.2) is 32.9 Å². The fourth-order valence-corrected chi connectivity index (χ4v) is 2.29. The number of nitrogens with zero attached hydrogens (tertiary/aromatic N) is 2. The van der Waals surface area contributed by atoms with Crippen LogP contribution in [0.25, 0.3) is 0 Å². The van der Waals surface area contributed by atoms with Crippen molar-refractivity contribution in [3.8, 4) is 0 Å². The molecule has 0 spiro atoms. The van der Waals surface area contributed by atoms with Gasteiger partial charge in [0.2, 0.25) is 5.91 Å². The van der Waals surface area contributed by atoms with Crippen molar-refractivity contribution < 1.29 is 19.6 Å². The van der Waals surface area contributed by atoms with E-state index in [4.69, 9.17) is 11.6 Å². The molecule has 0 radical (unpaired) electrons.